The molecule has 2 nitrogen and oxygen atoms in total. The minimum absolute atomic E-state index is 0.108. The van der Waals surface area contributed by atoms with Gasteiger partial charge in [0.2, 0.25) is 5.91 Å². The summed E-state index contributed by atoms with van der Waals surface area (Å²) in [6.45, 7) is 0. The first-order valence-corrected chi connectivity index (χ1v) is 4.33. The third kappa shape index (κ3) is 2.86. The monoisotopic (exact) mass is 237 g/mol. The second kappa shape index (κ2) is 4.10. The van der Waals surface area contributed by atoms with Gasteiger partial charge in [-0.1, -0.05) is 17.7 Å². The van der Waals surface area contributed by atoms with E-state index in [1.54, 1.807) is 0 Å². The Morgan fingerprint density at radius 2 is 2.00 bits per heavy atom. The molecule has 0 bridgehead atoms. The van der Waals surface area contributed by atoms with Crippen molar-refractivity contribution in [2.45, 2.75) is 12.6 Å². The molecule has 1 aromatic rings. The number of carbonyl (C=O) groups excluding carboxylic acids is 1. The zero-order valence-corrected chi connectivity index (χ0v) is 8.19. The number of nitrogens with two attached hydrogens (primary N) is 1. The molecule has 1 rings (SSSR count). The molecule has 0 aliphatic heterocycles. The molecule has 0 unspecified atom stereocenters. The van der Waals surface area contributed by atoms with Crippen LogP contribution in [0.5, 0.6) is 0 Å². The van der Waals surface area contributed by atoms with Crippen molar-refractivity contribution < 1.29 is 18.0 Å². The zero-order chi connectivity index (χ0) is 11.6. The number of primary amides is 1. The summed E-state index contributed by atoms with van der Waals surface area (Å²) in [4.78, 5) is 10.6. The molecule has 0 radical (unpaired) electrons. The van der Waals surface area contributed by atoms with Gasteiger partial charge in [-0.15, -0.1) is 0 Å². The van der Waals surface area contributed by atoms with E-state index in [4.69, 9.17) is 17.3 Å². The fraction of sp³-hybridized carbons (Fsp3) is 0.222. The number of carbonyl (C=O) groups is 1. The summed E-state index contributed by atoms with van der Waals surface area (Å²) in [5.74, 6) is -0.853. The molecule has 6 heteroatoms. The predicted octanol–water partition coefficient (Wildman–Crippen LogP) is 2.39. The Kier molecular flexibility index (Phi) is 3.24. The molecule has 0 saturated heterocycles. The van der Waals surface area contributed by atoms with Crippen LogP contribution in [0.2, 0.25) is 5.02 Å². The summed E-state index contributed by atoms with van der Waals surface area (Å²) >= 11 is 5.57. The number of hydrogen-bond acceptors (Lipinski definition) is 1. The second-order valence-electron chi connectivity index (χ2n) is 2.91. The van der Waals surface area contributed by atoms with Crippen LogP contribution in [0, 0.1) is 0 Å². The lowest BCUT2D eigenvalue weighted by molar-refractivity contribution is -0.138. The van der Waals surface area contributed by atoms with Crippen LogP contribution >= 0.6 is 11.6 Å². The summed E-state index contributed by atoms with van der Waals surface area (Å²) < 4.78 is 37.4. The van der Waals surface area contributed by atoms with Crippen molar-refractivity contribution in [1.29, 1.82) is 0 Å². The highest BCUT2D eigenvalue weighted by molar-refractivity contribution is 6.31. The van der Waals surface area contributed by atoms with Gasteiger partial charge in [-0.05, 0) is 17.7 Å². The minimum Gasteiger partial charge on any atom is -0.369 e. The molecule has 0 spiro atoms. The van der Waals surface area contributed by atoms with Gasteiger partial charge in [-0.3, -0.25) is 4.79 Å². The minimum atomic E-state index is -4.53. The summed E-state index contributed by atoms with van der Waals surface area (Å²) in [7, 11) is 0. The molecule has 82 valence electrons. The molecule has 1 amide bonds. The molecule has 0 aromatic heterocycles. The Balaban J connectivity index is 3.26. The Morgan fingerprint density at radius 3 is 2.47 bits per heavy atom. The molecular formula is C9H7ClF3NO. The lowest BCUT2D eigenvalue weighted by atomic mass is 10.0. The summed E-state index contributed by atoms with van der Waals surface area (Å²) in [5, 5.41) is -0.108. The molecule has 0 aliphatic rings. The third-order valence-electron chi connectivity index (χ3n) is 1.78. The molecule has 1 aromatic carbocycles. The molecule has 0 heterocycles. The standard InChI is InChI=1S/C9H7ClF3NO/c10-7-3-1-2-6(9(11,12)13)5(7)4-8(14)15/h1-3H,4H2,(H2,14,15). The van der Waals surface area contributed by atoms with Gasteiger partial charge in [0, 0.05) is 5.02 Å². The van der Waals surface area contributed by atoms with Crippen molar-refractivity contribution >= 4 is 17.5 Å². The normalized spacial score (nSPS) is 11.5. The van der Waals surface area contributed by atoms with E-state index < -0.39 is 24.1 Å². The van der Waals surface area contributed by atoms with Crippen molar-refractivity contribution in [2.24, 2.45) is 5.73 Å². The summed E-state index contributed by atoms with van der Waals surface area (Å²) in [6, 6.07) is 3.33. The largest absolute Gasteiger partial charge is 0.416 e. The molecule has 15 heavy (non-hydrogen) atoms. The summed E-state index contributed by atoms with van der Waals surface area (Å²) in [6.07, 6.45) is -5.05. The zero-order valence-electron chi connectivity index (χ0n) is 7.44. The Labute approximate surface area is 88.8 Å². The van der Waals surface area contributed by atoms with Crippen LogP contribution < -0.4 is 5.73 Å². The lowest BCUT2D eigenvalue weighted by Crippen LogP contribution is -2.18. The SMILES string of the molecule is NC(=O)Cc1c(Cl)cccc1C(F)(F)F. The van der Waals surface area contributed by atoms with Gasteiger partial charge in [0.15, 0.2) is 0 Å². The quantitative estimate of drug-likeness (QED) is 0.843. The molecule has 0 saturated carbocycles. The average molecular weight is 238 g/mol. The average Bonchev–Trinajstić information content (AvgIpc) is 2.05. The second-order valence-corrected chi connectivity index (χ2v) is 3.31. The van der Waals surface area contributed by atoms with Crippen LogP contribution in [0.15, 0.2) is 18.2 Å². The van der Waals surface area contributed by atoms with Gasteiger partial charge < -0.3 is 5.73 Å². The van der Waals surface area contributed by atoms with Crippen LogP contribution in [-0.2, 0) is 17.4 Å². The van der Waals surface area contributed by atoms with Crippen molar-refractivity contribution in [3.05, 3.63) is 34.3 Å². The van der Waals surface area contributed by atoms with Gasteiger partial charge in [0.05, 0.1) is 12.0 Å². The molecule has 0 aliphatic carbocycles. The van der Waals surface area contributed by atoms with Crippen LogP contribution in [0.3, 0.4) is 0 Å². The Bertz CT molecular complexity index is 389. The smallest absolute Gasteiger partial charge is 0.369 e. The number of alkyl halides is 3. The van der Waals surface area contributed by atoms with Gasteiger partial charge in [-0.2, -0.15) is 13.2 Å². The fourth-order valence-electron chi connectivity index (χ4n) is 1.18. The molecule has 2 N–H and O–H groups in total. The molecule has 0 fully saturated rings. The van der Waals surface area contributed by atoms with E-state index in [1.807, 2.05) is 0 Å². The van der Waals surface area contributed by atoms with E-state index in [0.717, 1.165) is 6.07 Å². The van der Waals surface area contributed by atoms with E-state index in [2.05, 4.69) is 0 Å². The Morgan fingerprint density at radius 1 is 1.40 bits per heavy atom. The van der Waals surface area contributed by atoms with E-state index in [1.165, 1.54) is 12.1 Å². The van der Waals surface area contributed by atoms with Crippen LogP contribution in [-0.4, -0.2) is 5.91 Å². The predicted molar refractivity (Wildman–Crippen MR) is 49.4 cm³/mol. The van der Waals surface area contributed by atoms with E-state index in [-0.39, 0.29) is 10.6 Å². The van der Waals surface area contributed by atoms with E-state index in [0.29, 0.717) is 0 Å². The van der Waals surface area contributed by atoms with Crippen LogP contribution in [0.25, 0.3) is 0 Å². The van der Waals surface area contributed by atoms with Crippen LogP contribution in [0.1, 0.15) is 11.1 Å². The van der Waals surface area contributed by atoms with Gasteiger partial charge >= 0.3 is 6.18 Å². The summed E-state index contributed by atoms with van der Waals surface area (Å²) in [5.41, 5.74) is 3.64. The van der Waals surface area contributed by atoms with Crippen molar-refractivity contribution in [1.82, 2.24) is 0 Å². The van der Waals surface area contributed by atoms with Crippen LogP contribution in [0.4, 0.5) is 13.2 Å². The van der Waals surface area contributed by atoms with Crippen molar-refractivity contribution in [3.8, 4) is 0 Å². The van der Waals surface area contributed by atoms with Crippen molar-refractivity contribution in [3.63, 3.8) is 0 Å². The number of benzene rings is 1. The number of rotatable bonds is 2. The first-order valence-electron chi connectivity index (χ1n) is 3.95. The number of halogens is 4. The molecular weight excluding hydrogens is 231 g/mol. The third-order valence-corrected chi connectivity index (χ3v) is 2.13. The maximum Gasteiger partial charge on any atom is 0.416 e. The number of hydrogen-bond donors (Lipinski definition) is 1. The molecule has 0 atom stereocenters. The topological polar surface area (TPSA) is 43.1 Å². The fourth-order valence-corrected chi connectivity index (χ4v) is 1.42. The highest BCUT2D eigenvalue weighted by Crippen LogP contribution is 2.35. The number of amides is 1. The maximum atomic E-state index is 12.5. The van der Waals surface area contributed by atoms with Gasteiger partial charge in [0.25, 0.3) is 0 Å². The van der Waals surface area contributed by atoms with Gasteiger partial charge in [-0.25, -0.2) is 0 Å². The van der Waals surface area contributed by atoms with E-state index in [9.17, 15) is 18.0 Å². The first kappa shape index (κ1) is 11.8. The van der Waals surface area contributed by atoms with Crippen molar-refractivity contribution in [2.75, 3.05) is 0 Å². The van der Waals surface area contributed by atoms with E-state index >= 15 is 0 Å². The highest BCUT2D eigenvalue weighted by atomic mass is 35.5. The van der Waals surface area contributed by atoms with Gasteiger partial charge in [0.1, 0.15) is 0 Å². The lowest BCUT2D eigenvalue weighted by Gasteiger charge is -2.12. The maximum absolute atomic E-state index is 12.5. The first-order chi connectivity index (χ1) is 6.82. The Hall–Kier alpha value is -1.23. The highest BCUT2D eigenvalue weighted by Gasteiger charge is 2.34.